The van der Waals surface area contributed by atoms with E-state index in [-0.39, 0.29) is 0 Å². The van der Waals surface area contributed by atoms with E-state index in [0.717, 1.165) is 31.5 Å². The zero-order valence-electron chi connectivity index (χ0n) is 10.9. The van der Waals surface area contributed by atoms with Gasteiger partial charge in [0, 0.05) is 23.9 Å². The largest absolute Gasteiger partial charge is 0.388 e. The van der Waals surface area contributed by atoms with E-state index >= 15 is 0 Å². The summed E-state index contributed by atoms with van der Waals surface area (Å²) in [5.41, 5.74) is 1.66. The van der Waals surface area contributed by atoms with Crippen LogP contribution in [0.25, 0.3) is 0 Å². The minimum Gasteiger partial charge on any atom is -0.388 e. The van der Waals surface area contributed by atoms with Gasteiger partial charge in [0.05, 0.1) is 11.3 Å². The molecule has 1 aliphatic rings. The highest BCUT2D eigenvalue weighted by molar-refractivity contribution is 8.00. The van der Waals surface area contributed by atoms with Crippen LogP contribution in [0.3, 0.4) is 0 Å². The molecule has 0 saturated carbocycles. The van der Waals surface area contributed by atoms with E-state index in [2.05, 4.69) is 25.0 Å². The van der Waals surface area contributed by atoms with Crippen LogP contribution in [-0.2, 0) is 13.0 Å². The Kier molecular flexibility index (Phi) is 3.83. The van der Waals surface area contributed by atoms with E-state index in [0.29, 0.717) is 5.25 Å². The second-order valence-corrected chi connectivity index (χ2v) is 6.44. The summed E-state index contributed by atoms with van der Waals surface area (Å²) in [6.45, 7) is 7.13. The first-order valence-corrected chi connectivity index (χ1v) is 7.47. The van der Waals surface area contributed by atoms with Crippen molar-refractivity contribution in [2.24, 2.45) is 0 Å². The van der Waals surface area contributed by atoms with Gasteiger partial charge in [0.25, 0.3) is 0 Å². The van der Waals surface area contributed by atoms with Crippen LogP contribution < -0.4 is 0 Å². The molecule has 1 aromatic rings. The van der Waals surface area contributed by atoms with Gasteiger partial charge in [-0.25, -0.2) is 0 Å². The Morgan fingerprint density at radius 1 is 1.65 bits per heavy atom. The van der Waals surface area contributed by atoms with Crippen molar-refractivity contribution in [2.75, 3.05) is 5.75 Å². The van der Waals surface area contributed by atoms with Crippen molar-refractivity contribution >= 4 is 11.8 Å². The lowest BCUT2D eigenvalue weighted by Crippen LogP contribution is -2.44. The maximum Gasteiger partial charge on any atom is 0.0818 e. The molecule has 2 atom stereocenters. The topological polar surface area (TPSA) is 38.0 Å². The number of aryl methyl sites for hydroxylation is 2. The fourth-order valence-electron chi connectivity index (χ4n) is 2.56. The van der Waals surface area contributed by atoms with Gasteiger partial charge in [-0.15, -0.1) is 0 Å². The lowest BCUT2D eigenvalue weighted by molar-refractivity contribution is 0.0278. The van der Waals surface area contributed by atoms with Gasteiger partial charge < -0.3 is 5.11 Å². The summed E-state index contributed by atoms with van der Waals surface area (Å²) in [4.78, 5) is 0. The third-order valence-corrected chi connectivity index (χ3v) is 5.11. The molecular weight excluding hydrogens is 232 g/mol. The van der Waals surface area contributed by atoms with Gasteiger partial charge in [-0.05, 0) is 38.5 Å². The van der Waals surface area contributed by atoms with E-state index in [1.807, 2.05) is 23.4 Å². The smallest absolute Gasteiger partial charge is 0.0818 e. The van der Waals surface area contributed by atoms with Crippen LogP contribution in [0.2, 0.25) is 0 Å². The Balaban J connectivity index is 2.18. The molecule has 1 aliphatic heterocycles. The van der Waals surface area contributed by atoms with Crippen molar-refractivity contribution in [3.8, 4) is 0 Å². The van der Waals surface area contributed by atoms with Gasteiger partial charge >= 0.3 is 0 Å². The molecule has 96 valence electrons. The molecule has 2 unspecified atom stereocenters. The number of thioether (sulfide) groups is 1. The van der Waals surface area contributed by atoms with E-state index in [9.17, 15) is 5.11 Å². The molecule has 1 aromatic heterocycles. The second kappa shape index (κ2) is 5.02. The second-order valence-electron chi connectivity index (χ2n) is 4.99. The number of aliphatic hydroxyl groups is 1. The Morgan fingerprint density at radius 3 is 3.06 bits per heavy atom. The van der Waals surface area contributed by atoms with Crippen LogP contribution in [0, 0.1) is 6.92 Å². The molecule has 0 radical (unpaired) electrons. The normalized spacial score (nSPS) is 29.5. The number of nitrogens with zero attached hydrogens (tertiary/aromatic N) is 2. The Bertz CT molecular complexity index is 391. The van der Waals surface area contributed by atoms with Gasteiger partial charge in [0.15, 0.2) is 0 Å². The Labute approximate surface area is 108 Å². The van der Waals surface area contributed by atoms with Crippen LogP contribution in [0.1, 0.15) is 38.1 Å². The fraction of sp³-hybridized carbons (Fsp3) is 0.769. The molecule has 2 rings (SSSR count). The van der Waals surface area contributed by atoms with Crippen LogP contribution in [0.4, 0.5) is 0 Å². The highest BCUT2D eigenvalue weighted by atomic mass is 32.2. The number of hydrogen-bond donors (Lipinski definition) is 1. The fourth-order valence-corrected chi connectivity index (χ4v) is 3.73. The Morgan fingerprint density at radius 2 is 2.41 bits per heavy atom. The maximum absolute atomic E-state index is 10.8. The van der Waals surface area contributed by atoms with Gasteiger partial charge in [-0.1, -0.05) is 6.92 Å². The van der Waals surface area contributed by atoms with Crippen molar-refractivity contribution in [2.45, 2.75) is 57.4 Å². The van der Waals surface area contributed by atoms with E-state index in [1.54, 1.807) is 0 Å². The lowest BCUT2D eigenvalue weighted by Gasteiger charge is -2.37. The molecule has 3 nitrogen and oxygen atoms in total. The predicted molar refractivity (Wildman–Crippen MR) is 72.4 cm³/mol. The zero-order chi connectivity index (χ0) is 12.5. The molecule has 1 N–H and O–H groups in total. The molecule has 0 bridgehead atoms. The van der Waals surface area contributed by atoms with Crippen LogP contribution >= 0.6 is 11.8 Å². The van der Waals surface area contributed by atoms with Crippen molar-refractivity contribution in [3.63, 3.8) is 0 Å². The van der Waals surface area contributed by atoms with Crippen molar-refractivity contribution < 1.29 is 5.11 Å². The summed E-state index contributed by atoms with van der Waals surface area (Å²) in [7, 11) is 0. The quantitative estimate of drug-likeness (QED) is 0.900. The number of aromatic nitrogens is 2. The standard InChI is InChI=1S/C13H22N2OS/c1-4-15-12(8-10(2)14-15)9-13(16)6-5-7-17-11(13)3/h8,11,16H,4-7,9H2,1-3H3. The number of hydrogen-bond acceptors (Lipinski definition) is 3. The van der Waals surface area contributed by atoms with E-state index < -0.39 is 5.60 Å². The molecular formula is C13H22N2OS. The summed E-state index contributed by atoms with van der Waals surface area (Å²) >= 11 is 1.88. The SMILES string of the molecule is CCn1nc(C)cc1CC1(O)CCCSC1C. The zero-order valence-corrected chi connectivity index (χ0v) is 11.8. The Hall–Kier alpha value is -0.480. The lowest BCUT2D eigenvalue weighted by atomic mass is 9.88. The first kappa shape index (κ1) is 13.0. The van der Waals surface area contributed by atoms with Crippen molar-refractivity contribution in [1.82, 2.24) is 9.78 Å². The average Bonchev–Trinajstić information content (AvgIpc) is 2.63. The van der Waals surface area contributed by atoms with Crippen molar-refractivity contribution in [3.05, 3.63) is 17.5 Å². The molecule has 4 heteroatoms. The van der Waals surface area contributed by atoms with Gasteiger partial charge in [0.1, 0.15) is 0 Å². The monoisotopic (exact) mass is 254 g/mol. The molecule has 2 heterocycles. The third-order valence-electron chi connectivity index (χ3n) is 3.65. The molecule has 0 spiro atoms. The van der Waals surface area contributed by atoms with Gasteiger partial charge in [-0.3, -0.25) is 4.68 Å². The summed E-state index contributed by atoms with van der Waals surface area (Å²) in [5.74, 6) is 1.18. The molecule has 0 aromatic carbocycles. The van der Waals surface area contributed by atoms with Gasteiger partial charge in [-0.2, -0.15) is 16.9 Å². The van der Waals surface area contributed by atoms with Crippen molar-refractivity contribution in [1.29, 1.82) is 0 Å². The van der Waals surface area contributed by atoms with Crippen LogP contribution in [0.15, 0.2) is 6.07 Å². The summed E-state index contributed by atoms with van der Waals surface area (Å²) in [6.07, 6.45) is 2.76. The van der Waals surface area contributed by atoms with E-state index in [1.165, 1.54) is 11.4 Å². The van der Waals surface area contributed by atoms with Gasteiger partial charge in [0.2, 0.25) is 0 Å². The van der Waals surface area contributed by atoms with Crippen LogP contribution in [0.5, 0.6) is 0 Å². The summed E-state index contributed by atoms with van der Waals surface area (Å²) < 4.78 is 2.01. The summed E-state index contributed by atoms with van der Waals surface area (Å²) in [5, 5.41) is 15.5. The molecule has 1 fully saturated rings. The minimum absolute atomic E-state index is 0.316. The molecule has 1 saturated heterocycles. The summed E-state index contributed by atoms with van der Waals surface area (Å²) in [6, 6.07) is 2.10. The predicted octanol–water partition coefficient (Wildman–Crippen LogP) is 2.40. The first-order chi connectivity index (χ1) is 8.05. The highest BCUT2D eigenvalue weighted by Gasteiger charge is 2.37. The maximum atomic E-state index is 10.8. The first-order valence-electron chi connectivity index (χ1n) is 6.42. The van der Waals surface area contributed by atoms with Crippen LogP contribution in [-0.4, -0.2) is 31.5 Å². The molecule has 0 amide bonds. The molecule has 17 heavy (non-hydrogen) atoms. The minimum atomic E-state index is -0.553. The highest BCUT2D eigenvalue weighted by Crippen LogP contribution is 2.36. The molecule has 0 aliphatic carbocycles. The third kappa shape index (κ3) is 2.68. The number of rotatable bonds is 3. The van der Waals surface area contributed by atoms with E-state index in [4.69, 9.17) is 0 Å². The average molecular weight is 254 g/mol.